The summed E-state index contributed by atoms with van der Waals surface area (Å²) in [4.78, 5) is 4.69. The molecule has 2 saturated carbocycles. The van der Waals surface area contributed by atoms with Gasteiger partial charge in [0.15, 0.2) is 0 Å². The van der Waals surface area contributed by atoms with E-state index in [4.69, 9.17) is 10.7 Å². The molecule has 5 rings (SSSR count). The van der Waals surface area contributed by atoms with Crippen molar-refractivity contribution in [2.75, 3.05) is 6.54 Å². The Hall–Kier alpha value is -0.890. The van der Waals surface area contributed by atoms with E-state index in [1.165, 1.54) is 57.8 Å². The summed E-state index contributed by atoms with van der Waals surface area (Å²) >= 11 is 0. The third kappa shape index (κ3) is 3.69. The molecule has 0 spiro atoms. The van der Waals surface area contributed by atoms with Crippen molar-refractivity contribution >= 4 is 6.21 Å². The van der Waals surface area contributed by atoms with Gasteiger partial charge in [-0.05, 0) is 105 Å². The summed E-state index contributed by atoms with van der Waals surface area (Å²) in [7, 11) is 0. The van der Waals surface area contributed by atoms with E-state index in [9.17, 15) is 0 Å². The van der Waals surface area contributed by atoms with Crippen molar-refractivity contribution in [3.8, 4) is 0 Å². The molecule has 0 aromatic rings. The predicted octanol–water partition coefficient (Wildman–Crippen LogP) is 6.96. The Morgan fingerprint density at radius 2 is 1.90 bits per heavy atom. The van der Waals surface area contributed by atoms with Gasteiger partial charge >= 0.3 is 0 Å². The van der Waals surface area contributed by atoms with Crippen LogP contribution in [0.3, 0.4) is 0 Å². The third-order valence-corrected chi connectivity index (χ3v) is 10.8. The van der Waals surface area contributed by atoms with Crippen LogP contribution in [-0.4, -0.2) is 18.8 Å². The first-order valence-electron chi connectivity index (χ1n) is 13.5. The van der Waals surface area contributed by atoms with Crippen molar-refractivity contribution in [2.45, 2.75) is 97.9 Å². The van der Waals surface area contributed by atoms with Crippen LogP contribution in [0.5, 0.6) is 0 Å². The second-order valence-corrected chi connectivity index (χ2v) is 12.7. The average Bonchev–Trinajstić information content (AvgIpc) is 3.29. The third-order valence-electron chi connectivity index (χ3n) is 10.8. The Kier molecular flexibility index (Phi) is 5.77. The normalized spacial score (nSPS) is 45.4. The number of rotatable bonds is 4. The van der Waals surface area contributed by atoms with Crippen molar-refractivity contribution in [1.29, 1.82) is 0 Å². The van der Waals surface area contributed by atoms with Crippen LogP contribution in [0.4, 0.5) is 0 Å². The highest BCUT2D eigenvalue weighted by Gasteiger charge is 2.54. The van der Waals surface area contributed by atoms with Gasteiger partial charge in [0.1, 0.15) is 0 Å². The Labute approximate surface area is 191 Å². The average molecular weight is 423 g/mol. The van der Waals surface area contributed by atoms with Gasteiger partial charge in [-0.15, -0.1) is 0 Å². The number of fused-ring (bicyclic) bond motifs is 4. The van der Waals surface area contributed by atoms with Crippen LogP contribution in [-0.2, 0) is 0 Å². The van der Waals surface area contributed by atoms with E-state index in [2.05, 4.69) is 46.1 Å². The second-order valence-electron chi connectivity index (χ2n) is 12.7. The lowest BCUT2D eigenvalue weighted by Gasteiger charge is -2.48. The minimum Gasteiger partial charge on any atom is -0.327 e. The minimum atomic E-state index is 0.355. The van der Waals surface area contributed by atoms with Gasteiger partial charge in [0.2, 0.25) is 0 Å². The van der Waals surface area contributed by atoms with Gasteiger partial charge in [-0.25, -0.2) is 0 Å². The summed E-state index contributed by atoms with van der Waals surface area (Å²) in [6, 6.07) is 0.390. The van der Waals surface area contributed by atoms with Crippen LogP contribution < -0.4 is 5.73 Å². The summed E-state index contributed by atoms with van der Waals surface area (Å²) in [5, 5.41) is 0. The van der Waals surface area contributed by atoms with Crippen molar-refractivity contribution in [2.24, 2.45) is 57.1 Å². The van der Waals surface area contributed by atoms with Crippen LogP contribution in [0.2, 0.25) is 0 Å². The van der Waals surface area contributed by atoms with Crippen molar-refractivity contribution < 1.29 is 0 Å². The summed E-state index contributed by atoms with van der Waals surface area (Å²) in [5.41, 5.74) is 10.8. The van der Waals surface area contributed by atoms with Crippen LogP contribution in [0.25, 0.3) is 0 Å². The second kappa shape index (κ2) is 8.15. The lowest BCUT2D eigenvalue weighted by molar-refractivity contribution is 0.0635. The van der Waals surface area contributed by atoms with E-state index < -0.39 is 0 Å². The molecule has 0 aromatic heterocycles. The van der Waals surface area contributed by atoms with Gasteiger partial charge in [-0.3, -0.25) is 4.99 Å². The number of nitrogens with zero attached hydrogens (tertiary/aromatic N) is 1. The fourth-order valence-electron chi connectivity index (χ4n) is 8.87. The molecule has 2 heteroatoms. The molecule has 2 fully saturated rings. The molecular weight excluding hydrogens is 376 g/mol. The van der Waals surface area contributed by atoms with Crippen molar-refractivity contribution in [1.82, 2.24) is 0 Å². The minimum absolute atomic E-state index is 0.355. The lowest BCUT2D eigenvalue weighted by Crippen LogP contribution is -2.40. The molecule has 0 saturated heterocycles. The Bertz CT molecular complexity index is 776. The van der Waals surface area contributed by atoms with Crippen molar-refractivity contribution in [3.05, 3.63) is 23.3 Å². The zero-order chi connectivity index (χ0) is 21.8. The molecule has 8 atom stereocenters. The molecule has 4 aliphatic carbocycles. The largest absolute Gasteiger partial charge is 0.327 e. The highest BCUT2D eigenvalue weighted by molar-refractivity contribution is 5.68. The van der Waals surface area contributed by atoms with Gasteiger partial charge in [-0.2, -0.15) is 0 Å². The summed E-state index contributed by atoms with van der Waals surface area (Å²) in [5.74, 6) is 4.77. The van der Waals surface area contributed by atoms with E-state index in [1.807, 2.05) is 5.57 Å². The topological polar surface area (TPSA) is 38.4 Å². The number of aliphatic imine (C=N–C) groups is 1. The standard InChI is InChI=1S/C29H46N2/c1-19(2)29(13-14-31-18-29)17-20(3)26-9-10-27-25-8-6-22-16-24(30)7-5-21(22)15-23(25)11-12-28(26,27)4/h5,8,18-20,22-24,26-27H,6-7,9-17,30H2,1-4H3. The van der Waals surface area contributed by atoms with Gasteiger partial charge in [-0.1, -0.05) is 51.0 Å². The van der Waals surface area contributed by atoms with E-state index in [0.29, 0.717) is 22.8 Å². The molecule has 172 valence electrons. The number of allylic oxidation sites excluding steroid dienone is 3. The maximum atomic E-state index is 6.32. The molecule has 31 heavy (non-hydrogen) atoms. The van der Waals surface area contributed by atoms with Gasteiger partial charge < -0.3 is 5.73 Å². The molecule has 5 aliphatic rings. The van der Waals surface area contributed by atoms with Gasteiger partial charge in [0.25, 0.3) is 0 Å². The van der Waals surface area contributed by atoms with E-state index in [0.717, 1.165) is 42.6 Å². The zero-order valence-corrected chi connectivity index (χ0v) is 20.6. The Balaban J connectivity index is 1.35. The SMILES string of the molecule is CC(CC1(C(C)C)C=NCC1)C1CCC2C3=CCC4CC(N)CC=C4CC3CCC21C. The first-order valence-corrected chi connectivity index (χ1v) is 13.5. The highest BCUT2D eigenvalue weighted by atomic mass is 14.8. The lowest BCUT2D eigenvalue weighted by atomic mass is 9.56. The molecule has 0 amide bonds. The van der Waals surface area contributed by atoms with Crippen molar-refractivity contribution in [3.63, 3.8) is 0 Å². The molecule has 1 heterocycles. The fraction of sp³-hybridized carbons (Fsp3) is 0.828. The number of hydrogen-bond donors (Lipinski definition) is 1. The van der Waals surface area contributed by atoms with E-state index in [1.54, 1.807) is 5.57 Å². The number of hydrogen-bond acceptors (Lipinski definition) is 2. The molecule has 1 aliphatic heterocycles. The van der Waals surface area contributed by atoms with Gasteiger partial charge in [0.05, 0.1) is 0 Å². The van der Waals surface area contributed by atoms with Crippen LogP contribution in [0, 0.1) is 46.3 Å². The Morgan fingerprint density at radius 3 is 2.65 bits per heavy atom. The summed E-state index contributed by atoms with van der Waals surface area (Å²) in [6.07, 6.45) is 20.8. The monoisotopic (exact) mass is 422 g/mol. The van der Waals surface area contributed by atoms with Gasteiger partial charge in [0, 0.05) is 24.2 Å². The van der Waals surface area contributed by atoms with E-state index >= 15 is 0 Å². The smallest absolute Gasteiger partial charge is 0.0394 e. The zero-order valence-electron chi connectivity index (χ0n) is 20.6. The first-order chi connectivity index (χ1) is 14.8. The van der Waals surface area contributed by atoms with Crippen LogP contribution in [0.1, 0.15) is 91.9 Å². The molecule has 0 bridgehead atoms. The molecule has 0 radical (unpaired) electrons. The maximum Gasteiger partial charge on any atom is 0.0394 e. The highest BCUT2D eigenvalue weighted by Crippen LogP contribution is 2.63. The molecule has 8 unspecified atom stereocenters. The fourth-order valence-corrected chi connectivity index (χ4v) is 8.87. The predicted molar refractivity (Wildman–Crippen MR) is 132 cm³/mol. The number of nitrogens with two attached hydrogens (primary N) is 1. The van der Waals surface area contributed by atoms with E-state index in [-0.39, 0.29) is 0 Å². The Morgan fingerprint density at radius 1 is 1.06 bits per heavy atom. The van der Waals surface area contributed by atoms with Crippen LogP contribution >= 0.6 is 0 Å². The molecule has 2 nitrogen and oxygen atoms in total. The quantitative estimate of drug-likeness (QED) is 0.489. The summed E-state index contributed by atoms with van der Waals surface area (Å²) in [6.45, 7) is 11.2. The first kappa shape index (κ1) is 21.9. The molecular formula is C29H46N2. The van der Waals surface area contributed by atoms with Crippen LogP contribution in [0.15, 0.2) is 28.3 Å². The summed E-state index contributed by atoms with van der Waals surface area (Å²) < 4.78 is 0. The molecule has 0 aromatic carbocycles. The molecule has 2 N–H and O–H groups in total. The maximum absolute atomic E-state index is 6.32.